The Hall–Kier alpha value is -1.23. The molecule has 0 spiro atoms. The quantitative estimate of drug-likeness (QED) is 0.847. The van der Waals surface area contributed by atoms with Crippen LogP contribution in [0.4, 0.5) is 13.2 Å². The summed E-state index contributed by atoms with van der Waals surface area (Å²) in [6.07, 6.45) is -2.75. The minimum atomic E-state index is -2.75. The molecular weight excluding hydrogens is 207 g/mol. The van der Waals surface area contributed by atoms with E-state index >= 15 is 0 Å². The van der Waals surface area contributed by atoms with E-state index in [1.165, 1.54) is 20.1 Å². The summed E-state index contributed by atoms with van der Waals surface area (Å²) in [5.74, 6) is -0.386. The van der Waals surface area contributed by atoms with Gasteiger partial charge in [0.2, 0.25) is 0 Å². The number of hydrogen-bond donors (Lipinski definition) is 1. The third-order valence-corrected chi connectivity index (χ3v) is 2.14. The molecule has 15 heavy (non-hydrogen) atoms. The van der Waals surface area contributed by atoms with Crippen LogP contribution in [-0.2, 0) is 0 Å². The molecule has 0 saturated heterocycles. The van der Waals surface area contributed by atoms with E-state index in [2.05, 4.69) is 0 Å². The molecule has 1 unspecified atom stereocenters. The summed E-state index contributed by atoms with van der Waals surface area (Å²) in [6.45, 7) is 1.52. The zero-order valence-corrected chi connectivity index (χ0v) is 8.43. The molecule has 5 heteroatoms. The van der Waals surface area contributed by atoms with E-state index in [1.54, 1.807) is 0 Å². The zero-order chi connectivity index (χ0) is 11.6. The molecular formula is C10H12F3NO. The maximum atomic E-state index is 13.2. The first-order chi connectivity index (χ1) is 6.97. The third kappa shape index (κ3) is 2.41. The lowest BCUT2D eigenvalue weighted by Crippen LogP contribution is -2.20. The van der Waals surface area contributed by atoms with Gasteiger partial charge in [0.05, 0.1) is 13.2 Å². The summed E-state index contributed by atoms with van der Waals surface area (Å²) in [5, 5.41) is 0. The Morgan fingerprint density at radius 2 is 1.93 bits per heavy atom. The number of aryl methyl sites for hydroxylation is 1. The van der Waals surface area contributed by atoms with E-state index in [4.69, 9.17) is 10.5 Å². The van der Waals surface area contributed by atoms with Crippen LogP contribution < -0.4 is 10.5 Å². The van der Waals surface area contributed by atoms with Gasteiger partial charge in [0.1, 0.15) is 11.6 Å². The van der Waals surface area contributed by atoms with Crippen molar-refractivity contribution in [3.63, 3.8) is 0 Å². The second-order valence-electron chi connectivity index (χ2n) is 3.20. The number of halogens is 3. The molecule has 1 atom stereocenters. The molecule has 1 aromatic carbocycles. The summed E-state index contributed by atoms with van der Waals surface area (Å²) < 4.78 is 42.8. The van der Waals surface area contributed by atoms with Crippen molar-refractivity contribution in [2.75, 3.05) is 7.11 Å². The predicted octanol–water partition coefficient (Wildman–Crippen LogP) is 2.41. The van der Waals surface area contributed by atoms with Crippen molar-refractivity contribution in [3.8, 4) is 5.75 Å². The Balaban J connectivity index is 3.21. The Bertz CT molecular complexity index is 355. The summed E-state index contributed by atoms with van der Waals surface area (Å²) in [6, 6.07) is 0.813. The van der Waals surface area contributed by atoms with Crippen LogP contribution in [0.5, 0.6) is 5.75 Å². The lowest BCUT2D eigenvalue weighted by atomic mass is 10.0. The molecule has 0 aromatic heterocycles. The van der Waals surface area contributed by atoms with Gasteiger partial charge >= 0.3 is 0 Å². The first-order valence-electron chi connectivity index (χ1n) is 4.35. The summed E-state index contributed by atoms with van der Waals surface area (Å²) in [5.41, 5.74) is 5.55. The highest BCUT2D eigenvalue weighted by molar-refractivity contribution is 5.40. The number of hydrogen-bond acceptors (Lipinski definition) is 2. The minimum Gasteiger partial charge on any atom is -0.496 e. The van der Waals surface area contributed by atoms with Gasteiger partial charge < -0.3 is 10.5 Å². The van der Waals surface area contributed by atoms with Crippen molar-refractivity contribution in [1.82, 2.24) is 0 Å². The monoisotopic (exact) mass is 219 g/mol. The number of benzene rings is 1. The maximum Gasteiger partial charge on any atom is 0.257 e. The first-order valence-corrected chi connectivity index (χ1v) is 4.35. The van der Waals surface area contributed by atoms with Crippen LogP contribution >= 0.6 is 0 Å². The molecule has 0 aliphatic rings. The second-order valence-corrected chi connectivity index (χ2v) is 3.20. The van der Waals surface area contributed by atoms with E-state index in [9.17, 15) is 13.2 Å². The van der Waals surface area contributed by atoms with Crippen molar-refractivity contribution in [1.29, 1.82) is 0 Å². The lowest BCUT2D eigenvalue weighted by Gasteiger charge is -2.15. The highest BCUT2D eigenvalue weighted by atomic mass is 19.3. The van der Waals surface area contributed by atoms with Crippen LogP contribution in [0.2, 0.25) is 0 Å². The Kier molecular flexibility index (Phi) is 3.57. The van der Waals surface area contributed by atoms with Gasteiger partial charge in [-0.3, -0.25) is 0 Å². The SMILES string of the molecule is COc1cc(C)c(F)cc1C(N)C(F)F. The zero-order valence-electron chi connectivity index (χ0n) is 8.43. The molecule has 0 aliphatic carbocycles. The van der Waals surface area contributed by atoms with Gasteiger partial charge in [0, 0.05) is 5.56 Å². The summed E-state index contributed by atoms with van der Waals surface area (Å²) >= 11 is 0. The Morgan fingerprint density at radius 3 is 2.40 bits per heavy atom. The number of rotatable bonds is 3. The fraction of sp³-hybridized carbons (Fsp3) is 0.400. The molecule has 0 radical (unpaired) electrons. The molecule has 2 N–H and O–H groups in total. The van der Waals surface area contributed by atoms with Crippen molar-refractivity contribution < 1.29 is 17.9 Å². The molecule has 0 bridgehead atoms. The standard InChI is InChI=1S/C10H12F3NO/c1-5-3-8(15-2)6(4-7(5)11)9(14)10(12)13/h3-4,9-10H,14H2,1-2H3. The predicted molar refractivity (Wildman–Crippen MR) is 50.6 cm³/mol. The van der Waals surface area contributed by atoms with Crippen molar-refractivity contribution in [3.05, 3.63) is 29.1 Å². The van der Waals surface area contributed by atoms with Gasteiger partial charge in [0.15, 0.2) is 0 Å². The van der Waals surface area contributed by atoms with E-state index in [0.717, 1.165) is 6.07 Å². The number of alkyl halides is 2. The number of ether oxygens (including phenoxy) is 1. The molecule has 1 rings (SSSR count). The van der Waals surface area contributed by atoms with Gasteiger partial charge in [0.25, 0.3) is 6.43 Å². The van der Waals surface area contributed by atoms with Crippen LogP contribution in [0.25, 0.3) is 0 Å². The van der Waals surface area contributed by atoms with Crippen LogP contribution in [-0.4, -0.2) is 13.5 Å². The molecule has 0 heterocycles. The van der Waals surface area contributed by atoms with Crippen molar-refractivity contribution in [2.24, 2.45) is 5.73 Å². The largest absolute Gasteiger partial charge is 0.496 e. The Morgan fingerprint density at radius 1 is 1.33 bits per heavy atom. The average Bonchev–Trinajstić information content (AvgIpc) is 2.20. The minimum absolute atomic E-state index is 0.0180. The maximum absolute atomic E-state index is 13.2. The number of nitrogens with two attached hydrogens (primary N) is 1. The van der Waals surface area contributed by atoms with Crippen LogP contribution in [0.1, 0.15) is 17.2 Å². The summed E-state index contributed by atoms with van der Waals surface area (Å²) in [7, 11) is 1.33. The van der Waals surface area contributed by atoms with Gasteiger partial charge in [-0.2, -0.15) is 0 Å². The van der Waals surface area contributed by atoms with E-state index in [-0.39, 0.29) is 11.3 Å². The van der Waals surface area contributed by atoms with Crippen molar-refractivity contribution >= 4 is 0 Å². The molecule has 2 nitrogen and oxygen atoms in total. The van der Waals surface area contributed by atoms with Gasteiger partial charge in [-0.15, -0.1) is 0 Å². The molecule has 1 aromatic rings. The molecule has 0 saturated carbocycles. The van der Waals surface area contributed by atoms with Crippen LogP contribution in [0.3, 0.4) is 0 Å². The second kappa shape index (κ2) is 4.53. The van der Waals surface area contributed by atoms with E-state index in [1.807, 2.05) is 0 Å². The van der Waals surface area contributed by atoms with E-state index < -0.39 is 18.3 Å². The highest BCUT2D eigenvalue weighted by Gasteiger charge is 2.22. The molecule has 0 amide bonds. The topological polar surface area (TPSA) is 35.2 Å². The number of methoxy groups -OCH3 is 1. The van der Waals surface area contributed by atoms with Crippen LogP contribution in [0, 0.1) is 12.7 Å². The fourth-order valence-electron chi connectivity index (χ4n) is 1.24. The van der Waals surface area contributed by atoms with Crippen LogP contribution in [0.15, 0.2) is 12.1 Å². The van der Waals surface area contributed by atoms with Gasteiger partial charge in [-0.25, -0.2) is 13.2 Å². The first kappa shape index (κ1) is 11.8. The van der Waals surface area contributed by atoms with Gasteiger partial charge in [-0.05, 0) is 24.6 Å². The molecule has 84 valence electrons. The average molecular weight is 219 g/mol. The van der Waals surface area contributed by atoms with E-state index in [0.29, 0.717) is 5.56 Å². The van der Waals surface area contributed by atoms with Crippen molar-refractivity contribution in [2.45, 2.75) is 19.4 Å². The molecule has 0 aliphatic heterocycles. The van der Waals surface area contributed by atoms with Gasteiger partial charge in [-0.1, -0.05) is 0 Å². The highest BCUT2D eigenvalue weighted by Crippen LogP contribution is 2.29. The smallest absolute Gasteiger partial charge is 0.257 e. The summed E-state index contributed by atoms with van der Waals surface area (Å²) in [4.78, 5) is 0. The molecule has 0 fully saturated rings. The fourth-order valence-corrected chi connectivity index (χ4v) is 1.24. The Labute approximate surface area is 85.8 Å². The lowest BCUT2D eigenvalue weighted by molar-refractivity contribution is 0.115. The normalized spacial score (nSPS) is 13.0. The third-order valence-electron chi connectivity index (χ3n) is 2.14.